The molecule has 1 aromatic carbocycles. The molecule has 0 amide bonds. The van der Waals surface area contributed by atoms with Crippen molar-refractivity contribution in [1.82, 2.24) is 5.32 Å². The molecule has 0 bridgehead atoms. The predicted octanol–water partition coefficient (Wildman–Crippen LogP) is 4.68. The number of benzene rings is 1. The van der Waals surface area contributed by atoms with E-state index in [9.17, 15) is 19.7 Å². The van der Waals surface area contributed by atoms with Crippen LogP contribution in [0.25, 0.3) is 0 Å². The lowest BCUT2D eigenvalue weighted by Crippen LogP contribution is -2.39. The van der Waals surface area contributed by atoms with Crippen molar-refractivity contribution in [2.75, 3.05) is 0 Å². The molecule has 31 heavy (non-hydrogen) atoms. The van der Waals surface area contributed by atoms with E-state index in [1.807, 2.05) is 6.92 Å². The standard InChI is InChI=1S/C24H28N2O5/c1-14-20(23(28)31-17-6-4-5-7-17)21(15-8-10-16(11-9-15)26(29)30)22-18(25-14)12-24(2,3)13-19(22)27/h8-11,17,21,25H,4-7,12-13H2,1-3H3/t21-/m1/s1. The van der Waals surface area contributed by atoms with Gasteiger partial charge in [-0.05, 0) is 50.0 Å². The Morgan fingerprint density at radius 1 is 1.16 bits per heavy atom. The number of nitro benzene ring substituents is 1. The van der Waals surface area contributed by atoms with Gasteiger partial charge in [-0.3, -0.25) is 14.9 Å². The van der Waals surface area contributed by atoms with Gasteiger partial charge in [0.05, 0.1) is 10.5 Å². The van der Waals surface area contributed by atoms with Gasteiger partial charge < -0.3 is 10.1 Å². The minimum atomic E-state index is -0.588. The molecule has 7 nitrogen and oxygen atoms in total. The molecular formula is C24H28N2O5. The summed E-state index contributed by atoms with van der Waals surface area (Å²) in [6, 6.07) is 6.12. The number of carbonyl (C=O) groups excluding carboxylic acids is 2. The lowest BCUT2D eigenvalue weighted by molar-refractivity contribution is -0.384. The number of hydrogen-bond donors (Lipinski definition) is 1. The monoisotopic (exact) mass is 424 g/mol. The van der Waals surface area contributed by atoms with E-state index in [0.29, 0.717) is 35.2 Å². The molecule has 2 aliphatic carbocycles. The molecule has 4 rings (SSSR count). The summed E-state index contributed by atoms with van der Waals surface area (Å²) in [5, 5.41) is 14.4. The molecule has 7 heteroatoms. The number of carbonyl (C=O) groups is 2. The summed E-state index contributed by atoms with van der Waals surface area (Å²) < 4.78 is 5.81. The first kappa shape index (κ1) is 21.3. The minimum absolute atomic E-state index is 0.000712. The number of dihydropyridines is 1. The van der Waals surface area contributed by atoms with Crippen LogP contribution in [0, 0.1) is 15.5 Å². The van der Waals surface area contributed by atoms with Gasteiger partial charge >= 0.3 is 5.97 Å². The van der Waals surface area contributed by atoms with Crippen LogP contribution in [0.3, 0.4) is 0 Å². The lowest BCUT2D eigenvalue weighted by Gasteiger charge is -2.39. The molecule has 1 fully saturated rings. The Hall–Kier alpha value is -2.96. The highest BCUT2D eigenvalue weighted by atomic mass is 16.6. The summed E-state index contributed by atoms with van der Waals surface area (Å²) in [7, 11) is 0. The summed E-state index contributed by atoms with van der Waals surface area (Å²) in [4.78, 5) is 37.2. The third kappa shape index (κ3) is 4.13. The van der Waals surface area contributed by atoms with Crippen LogP contribution < -0.4 is 5.32 Å². The zero-order chi connectivity index (χ0) is 22.3. The molecule has 1 N–H and O–H groups in total. The molecule has 0 aromatic heterocycles. The van der Waals surface area contributed by atoms with Gasteiger partial charge in [0, 0.05) is 41.4 Å². The molecule has 1 heterocycles. The van der Waals surface area contributed by atoms with E-state index in [-0.39, 0.29) is 23.0 Å². The van der Waals surface area contributed by atoms with E-state index in [0.717, 1.165) is 31.4 Å². The number of nitrogens with one attached hydrogen (secondary N) is 1. The summed E-state index contributed by atoms with van der Waals surface area (Å²) in [5.74, 6) is -1.00. The average Bonchev–Trinajstić information content (AvgIpc) is 3.18. The predicted molar refractivity (Wildman–Crippen MR) is 115 cm³/mol. The number of ether oxygens (including phenoxy) is 1. The average molecular weight is 424 g/mol. The number of allylic oxidation sites excluding steroid dienone is 3. The molecule has 0 unspecified atom stereocenters. The van der Waals surface area contributed by atoms with Crippen molar-refractivity contribution in [3.8, 4) is 0 Å². The van der Waals surface area contributed by atoms with Crippen LogP contribution in [0.15, 0.2) is 46.8 Å². The van der Waals surface area contributed by atoms with Crippen LogP contribution in [0.4, 0.5) is 5.69 Å². The summed E-state index contributed by atoms with van der Waals surface area (Å²) >= 11 is 0. The number of esters is 1. The van der Waals surface area contributed by atoms with E-state index < -0.39 is 16.8 Å². The van der Waals surface area contributed by atoms with Crippen LogP contribution >= 0.6 is 0 Å². The second-order valence-electron chi connectivity index (χ2n) is 9.59. The highest BCUT2D eigenvalue weighted by molar-refractivity contribution is 6.04. The maximum Gasteiger partial charge on any atom is 0.337 e. The SMILES string of the molecule is CC1=C(C(=O)OC2CCCC2)[C@@H](c2ccc([N+](=O)[O-])cc2)C2=C(CC(C)(C)CC2=O)N1. The van der Waals surface area contributed by atoms with Crippen LogP contribution in [-0.4, -0.2) is 22.8 Å². The van der Waals surface area contributed by atoms with Gasteiger partial charge in [-0.15, -0.1) is 0 Å². The number of rotatable bonds is 4. The fraction of sp³-hybridized carbons (Fsp3) is 0.500. The van der Waals surface area contributed by atoms with Crippen molar-refractivity contribution in [3.05, 3.63) is 62.5 Å². The highest BCUT2D eigenvalue weighted by Crippen LogP contribution is 2.47. The number of nitrogens with zero attached hydrogens (tertiary/aromatic N) is 1. The topological polar surface area (TPSA) is 98.5 Å². The zero-order valence-electron chi connectivity index (χ0n) is 18.2. The van der Waals surface area contributed by atoms with E-state index in [2.05, 4.69) is 19.2 Å². The third-order valence-electron chi connectivity index (χ3n) is 6.47. The lowest BCUT2D eigenvalue weighted by atomic mass is 9.68. The van der Waals surface area contributed by atoms with Crippen molar-refractivity contribution < 1.29 is 19.2 Å². The Morgan fingerprint density at radius 2 is 1.81 bits per heavy atom. The molecule has 0 radical (unpaired) electrons. The molecule has 1 saturated carbocycles. The second-order valence-corrected chi connectivity index (χ2v) is 9.59. The van der Waals surface area contributed by atoms with Gasteiger partial charge in [-0.2, -0.15) is 0 Å². The summed E-state index contributed by atoms with van der Waals surface area (Å²) in [6.07, 6.45) is 4.79. The molecule has 0 spiro atoms. The van der Waals surface area contributed by atoms with E-state index in [1.54, 1.807) is 12.1 Å². The molecule has 1 atom stereocenters. The Labute approximate surface area is 181 Å². The number of Topliss-reactive ketones (excluding diaryl/α,β-unsaturated/α-hetero) is 1. The van der Waals surface area contributed by atoms with Gasteiger partial charge in [-0.25, -0.2) is 4.79 Å². The number of nitro groups is 1. The van der Waals surface area contributed by atoms with Crippen molar-refractivity contribution in [2.24, 2.45) is 5.41 Å². The smallest absolute Gasteiger partial charge is 0.337 e. The Morgan fingerprint density at radius 3 is 2.42 bits per heavy atom. The third-order valence-corrected chi connectivity index (χ3v) is 6.47. The van der Waals surface area contributed by atoms with Gasteiger partial charge in [0.25, 0.3) is 5.69 Å². The molecule has 1 aliphatic heterocycles. The van der Waals surface area contributed by atoms with E-state index in [4.69, 9.17) is 4.74 Å². The first-order valence-electron chi connectivity index (χ1n) is 10.9. The van der Waals surface area contributed by atoms with Gasteiger partial charge in [0.2, 0.25) is 0 Å². The number of ketones is 1. The van der Waals surface area contributed by atoms with Crippen molar-refractivity contribution in [3.63, 3.8) is 0 Å². The van der Waals surface area contributed by atoms with Gasteiger partial charge in [0.1, 0.15) is 6.10 Å². The fourth-order valence-corrected chi connectivity index (χ4v) is 5.05. The second kappa shape index (κ2) is 7.94. The van der Waals surface area contributed by atoms with Crippen molar-refractivity contribution in [1.29, 1.82) is 0 Å². The molecule has 1 aromatic rings. The number of non-ortho nitro benzene ring substituents is 1. The van der Waals surface area contributed by atoms with Crippen molar-refractivity contribution in [2.45, 2.75) is 71.3 Å². The fourth-order valence-electron chi connectivity index (χ4n) is 5.05. The maximum absolute atomic E-state index is 13.3. The Kier molecular flexibility index (Phi) is 5.45. The molecule has 0 saturated heterocycles. The maximum atomic E-state index is 13.3. The van der Waals surface area contributed by atoms with E-state index in [1.165, 1.54) is 12.1 Å². The Bertz CT molecular complexity index is 997. The van der Waals surface area contributed by atoms with Gasteiger partial charge in [-0.1, -0.05) is 26.0 Å². The highest BCUT2D eigenvalue weighted by Gasteiger charge is 2.43. The molecule has 3 aliphatic rings. The zero-order valence-corrected chi connectivity index (χ0v) is 18.2. The Balaban J connectivity index is 1.78. The first-order valence-corrected chi connectivity index (χ1v) is 10.9. The quantitative estimate of drug-likeness (QED) is 0.428. The van der Waals surface area contributed by atoms with Crippen molar-refractivity contribution >= 4 is 17.4 Å². The van der Waals surface area contributed by atoms with Gasteiger partial charge in [0.15, 0.2) is 5.78 Å². The van der Waals surface area contributed by atoms with E-state index >= 15 is 0 Å². The molecular weight excluding hydrogens is 396 g/mol. The first-order chi connectivity index (χ1) is 14.7. The summed E-state index contributed by atoms with van der Waals surface area (Å²) in [6.45, 7) is 5.94. The van der Waals surface area contributed by atoms with Crippen LogP contribution in [0.2, 0.25) is 0 Å². The summed E-state index contributed by atoms with van der Waals surface area (Å²) in [5.41, 5.74) is 2.99. The van der Waals surface area contributed by atoms with Crippen LogP contribution in [0.5, 0.6) is 0 Å². The normalized spacial score (nSPS) is 23.5. The van der Waals surface area contributed by atoms with Crippen LogP contribution in [-0.2, 0) is 14.3 Å². The van der Waals surface area contributed by atoms with Crippen LogP contribution in [0.1, 0.15) is 70.8 Å². The largest absolute Gasteiger partial charge is 0.459 e. The number of hydrogen-bond acceptors (Lipinski definition) is 6. The minimum Gasteiger partial charge on any atom is -0.459 e. The molecule has 164 valence electrons.